The molecule has 0 spiro atoms. The highest BCUT2D eigenvalue weighted by atomic mass is 16.5. The molecule has 2 rings (SSSR count). The van der Waals surface area contributed by atoms with E-state index in [9.17, 15) is 9.59 Å². The minimum atomic E-state index is -0.290. The van der Waals surface area contributed by atoms with E-state index in [0.29, 0.717) is 18.7 Å². The van der Waals surface area contributed by atoms with Gasteiger partial charge in [0.05, 0.1) is 13.0 Å². The average molecular weight is 289 g/mol. The molecule has 4 nitrogen and oxygen atoms in total. The topological polar surface area (TPSA) is 46.6 Å². The molecule has 4 heteroatoms. The van der Waals surface area contributed by atoms with Gasteiger partial charge in [0.2, 0.25) is 0 Å². The van der Waals surface area contributed by atoms with Crippen molar-refractivity contribution in [2.45, 2.75) is 25.7 Å². The van der Waals surface area contributed by atoms with Gasteiger partial charge >= 0.3 is 5.97 Å². The second kappa shape index (κ2) is 7.36. The minimum Gasteiger partial charge on any atom is -0.469 e. The first-order valence-electron chi connectivity index (χ1n) is 7.53. The van der Waals surface area contributed by atoms with Crippen molar-refractivity contribution >= 4 is 11.8 Å². The molecule has 0 radical (unpaired) electrons. The van der Waals surface area contributed by atoms with Crippen LogP contribution in [0, 0.1) is 5.92 Å². The summed E-state index contributed by atoms with van der Waals surface area (Å²) in [5.74, 6) is -0.0519. The van der Waals surface area contributed by atoms with Crippen LogP contribution in [0.4, 0.5) is 0 Å². The van der Waals surface area contributed by atoms with Crippen molar-refractivity contribution in [3.05, 3.63) is 35.9 Å². The van der Waals surface area contributed by atoms with Gasteiger partial charge in [0.25, 0.3) is 0 Å². The van der Waals surface area contributed by atoms with Gasteiger partial charge in [-0.15, -0.1) is 0 Å². The number of ketones is 1. The summed E-state index contributed by atoms with van der Waals surface area (Å²) >= 11 is 0. The zero-order valence-corrected chi connectivity index (χ0v) is 12.7. The van der Waals surface area contributed by atoms with Crippen LogP contribution in [0.15, 0.2) is 30.3 Å². The van der Waals surface area contributed by atoms with Crippen molar-refractivity contribution in [3.63, 3.8) is 0 Å². The Balaban J connectivity index is 2.09. The predicted molar refractivity (Wildman–Crippen MR) is 81.0 cm³/mol. The molecule has 0 bridgehead atoms. The highest BCUT2D eigenvalue weighted by Crippen LogP contribution is 2.22. The van der Waals surface area contributed by atoms with Crippen LogP contribution >= 0.6 is 0 Å². The van der Waals surface area contributed by atoms with Crippen molar-refractivity contribution in [1.82, 2.24) is 4.90 Å². The number of likely N-dealkylation sites (tertiary alicyclic amines) is 1. The number of carbonyl (C=O) groups excluding carboxylic acids is 2. The van der Waals surface area contributed by atoms with Gasteiger partial charge < -0.3 is 9.64 Å². The van der Waals surface area contributed by atoms with E-state index in [0.717, 1.165) is 25.1 Å². The van der Waals surface area contributed by atoms with E-state index in [1.54, 1.807) is 0 Å². The number of methoxy groups -OCH3 is 1. The van der Waals surface area contributed by atoms with E-state index in [-0.39, 0.29) is 17.8 Å². The Morgan fingerprint density at radius 3 is 2.71 bits per heavy atom. The zero-order valence-electron chi connectivity index (χ0n) is 12.7. The lowest BCUT2D eigenvalue weighted by Crippen LogP contribution is -2.43. The Morgan fingerprint density at radius 1 is 1.38 bits per heavy atom. The second-order valence-electron chi connectivity index (χ2n) is 5.57. The molecule has 0 N–H and O–H groups in total. The molecule has 1 fully saturated rings. The van der Waals surface area contributed by atoms with Gasteiger partial charge in [-0.3, -0.25) is 9.59 Å². The van der Waals surface area contributed by atoms with Gasteiger partial charge in [0, 0.05) is 32.0 Å². The molecular formula is C17H23NO3. The van der Waals surface area contributed by atoms with Gasteiger partial charge in [0.1, 0.15) is 5.78 Å². The van der Waals surface area contributed by atoms with Crippen molar-refractivity contribution in [1.29, 1.82) is 0 Å². The van der Waals surface area contributed by atoms with Crippen molar-refractivity contribution < 1.29 is 14.3 Å². The molecule has 0 aromatic heterocycles. The normalized spacial score (nSPS) is 21.0. The highest BCUT2D eigenvalue weighted by molar-refractivity contribution is 5.82. The van der Waals surface area contributed by atoms with E-state index in [4.69, 9.17) is 4.74 Å². The lowest BCUT2D eigenvalue weighted by atomic mass is 9.92. The number of Topliss-reactive ketones (excluding diaryl/α,β-unsaturated/α-hetero) is 1. The van der Waals surface area contributed by atoms with Gasteiger partial charge in [0.15, 0.2) is 0 Å². The van der Waals surface area contributed by atoms with Crippen LogP contribution in [0.25, 0.3) is 0 Å². The Bertz CT molecular complexity index is 486. The standard InChI is InChI=1S/C17H23NO3/c1-3-13-11-18(10-9-16(13)19)12-15(17(20)21-2)14-7-5-4-6-8-14/h4-8,13,15H,3,9-12H2,1-2H3. The van der Waals surface area contributed by atoms with Crippen LogP contribution in [0.3, 0.4) is 0 Å². The van der Waals surface area contributed by atoms with Crippen LogP contribution in [0.5, 0.6) is 0 Å². The van der Waals surface area contributed by atoms with E-state index in [1.165, 1.54) is 7.11 Å². The quantitative estimate of drug-likeness (QED) is 0.780. The third kappa shape index (κ3) is 3.91. The summed E-state index contributed by atoms with van der Waals surface area (Å²) in [6.45, 7) is 4.13. The van der Waals surface area contributed by atoms with Crippen LogP contribution < -0.4 is 0 Å². The molecular weight excluding hydrogens is 266 g/mol. The van der Waals surface area contributed by atoms with Gasteiger partial charge in [-0.05, 0) is 12.0 Å². The fourth-order valence-corrected chi connectivity index (χ4v) is 2.90. The maximum Gasteiger partial charge on any atom is 0.314 e. The largest absolute Gasteiger partial charge is 0.469 e. The van der Waals surface area contributed by atoms with Crippen molar-refractivity contribution in [2.75, 3.05) is 26.7 Å². The first-order chi connectivity index (χ1) is 10.2. The van der Waals surface area contributed by atoms with E-state index in [1.807, 2.05) is 37.3 Å². The van der Waals surface area contributed by atoms with Gasteiger partial charge in [-0.1, -0.05) is 37.3 Å². The van der Waals surface area contributed by atoms with Crippen LogP contribution in [0.1, 0.15) is 31.2 Å². The van der Waals surface area contributed by atoms with Crippen molar-refractivity contribution in [3.8, 4) is 0 Å². The lowest BCUT2D eigenvalue weighted by Gasteiger charge is -2.33. The number of ether oxygens (including phenoxy) is 1. The Kier molecular flexibility index (Phi) is 5.51. The monoisotopic (exact) mass is 289 g/mol. The van der Waals surface area contributed by atoms with Gasteiger partial charge in [-0.25, -0.2) is 0 Å². The molecule has 1 heterocycles. The molecule has 0 amide bonds. The molecule has 114 valence electrons. The summed E-state index contributed by atoms with van der Waals surface area (Å²) in [7, 11) is 1.42. The number of nitrogens with zero attached hydrogens (tertiary/aromatic N) is 1. The summed E-state index contributed by atoms with van der Waals surface area (Å²) in [5.41, 5.74) is 0.967. The number of piperidine rings is 1. The number of rotatable bonds is 5. The second-order valence-corrected chi connectivity index (χ2v) is 5.57. The Labute approximate surface area is 126 Å². The first kappa shape index (κ1) is 15.7. The summed E-state index contributed by atoms with van der Waals surface area (Å²) in [5, 5.41) is 0. The highest BCUT2D eigenvalue weighted by Gasteiger charge is 2.30. The van der Waals surface area contributed by atoms with Crippen LogP contribution in [-0.2, 0) is 14.3 Å². The van der Waals surface area contributed by atoms with Crippen molar-refractivity contribution in [2.24, 2.45) is 5.92 Å². The molecule has 1 aromatic carbocycles. The maximum absolute atomic E-state index is 12.1. The summed E-state index contributed by atoms with van der Waals surface area (Å²) in [6.07, 6.45) is 1.45. The number of benzene rings is 1. The molecule has 2 unspecified atom stereocenters. The average Bonchev–Trinajstić information content (AvgIpc) is 2.54. The fraction of sp³-hybridized carbons (Fsp3) is 0.529. The molecule has 21 heavy (non-hydrogen) atoms. The number of hydrogen-bond acceptors (Lipinski definition) is 4. The SMILES string of the molecule is CCC1CN(CC(C(=O)OC)c2ccccc2)CCC1=O. The van der Waals surface area contributed by atoms with E-state index >= 15 is 0 Å². The van der Waals surface area contributed by atoms with Crippen LogP contribution in [-0.4, -0.2) is 43.4 Å². The molecule has 0 aliphatic carbocycles. The summed E-state index contributed by atoms with van der Waals surface area (Å²) in [6, 6.07) is 9.70. The minimum absolute atomic E-state index is 0.104. The third-order valence-electron chi connectivity index (χ3n) is 4.23. The first-order valence-corrected chi connectivity index (χ1v) is 7.53. The smallest absolute Gasteiger partial charge is 0.314 e. The molecule has 2 atom stereocenters. The molecule has 0 saturated carbocycles. The molecule has 1 aromatic rings. The van der Waals surface area contributed by atoms with Crippen LogP contribution in [0.2, 0.25) is 0 Å². The predicted octanol–water partition coefficient (Wildman–Crippen LogP) is 2.24. The third-order valence-corrected chi connectivity index (χ3v) is 4.23. The maximum atomic E-state index is 12.1. The molecule has 1 aliphatic heterocycles. The Hall–Kier alpha value is -1.68. The van der Waals surface area contributed by atoms with E-state index < -0.39 is 0 Å². The lowest BCUT2D eigenvalue weighted by molar-refractivity contribution is -0.143. The Morgan fingerprint density at radius 2 is 2.10 bits per heavy atom. The summed E-state index contributed by atoms with van der Waals surface area (Å²) < 4.78 is 4.95. The molecule has 1 saturated heterocycles. The molecule has 1 aliphatic rings. The number of hydrogen-bond donors (Lipinski definition) is 0. The van der Waals surface area contributed by atoms with E-state index in [2.05, 4.69) is 4.90 Å². The fourth-order valence-electron chi connectivity index (χ4n) is 2.90. The zero-order chi connectivity index (χ0) is 15.2. The number of esters is 1. The number of carbonyl (C=O) groups is 2. The summed E-state index contributed by atoms with van der Waals surface area (Å²) in [4.78, 5) is 26.1. The van der Waals surface area contributed by atoms with Gasteiger partial charge in [-0.2, -0.15) is 0 Å².